The Morgan fingerprint density at radius 2 is 1.74 bits per heavy atom. The fourth-order valence-electron chi connectivity index (χ4n) is 2.74. The van der Waals surface area contributed by atoms with Crippen LogP contribution in [0.4, 0.5) is 11.4 Å². The number of nitrogens with two attached hydrogens (primary N) is 1. The summed E-state index contributed by atoms with van der Waals surface area (Å²) in [6.45, 7) is 0.947. The van der Waals surface area contributed by atoms with E-state index in [2.05, 4.69) is 30.9 Å². The van der Waals surface area contributed by atoms with Gasteiger partial charge in [0.05, 0.1) is 21.4 Å². The molecule has 19 heavy (non-hydrogen) atoms. The molecule has 0 amide bonds. The largest absolute Gasteiger partial charge is 0.397 e. The summed E-state index contributed by atoms with van der Waals surface area (Å²) in [6, 6.07) is 3.57. The van der Waals surface area contributed by atoms with Gasteiger partial charge in [-0.25, -0.2) is 0 Å². The van der Waals surface area contributed by atoms with Gasteiger partial charge in [-0.15, -0.1) is 0 Å². The Morgan fingerprint density at radius 3 is 2.21 bits per heavy atom. The molecule has 0 atom stereocenters. The van der Waals surface area contributed by atoms with Gasteiger partial charge in [-0.1, -0.05) is 23.2 Å². The van der Waals surface area contributed by atoms with Crippen LogP contribution in [0.3, 0.4) is 0 Å². The molecule has 0 radical (unpaired) electrons. The smallest absolute Gasteiger partial charge is 0.0614 e. The quantitative estimate of drug-likeness (QED) is 0.864. The fourth-order valence-corrected chi connectivity index (χ4v) is 3.07. The van der Waals surface area contributed by atoms with Crippen molar-refractivity contribution < 1.29 is 0 Å². The summed E-state index contributed by atoms with van der Waals surface area (Å²) in [5, 5.41) is 1.05. The van der Waals surface area contributed by atoms with Gasteiger partial charge in [0.1, 0.15) is 0 Å². The number of hydrogen-bond donors (Lipinski definition) is 1. The molecule has 1 saturated carbocycles. The molecule has 1 aliphatic rings. The number of likely N-dealkylation sites (N-methyl/N-ethyl adjacent to an activating group) is 2. The maximum atomic E-state index is 6.09. The van der Waals surface area contributed by atoms with Crippen molar-refractivity contribution in [2.45, 2.75) is 24.8 Å². The SMILES string of the molecule is CN(CC1(N(C)C)CCC1)c1cc(Cl)c(Cl)cc1N. The number of nitrogens with zero attached hydrogens (tertiary/aromatic N) is 2. The lowest BCUT2D eigenvalue weighted by atomic mass is 9.75. The monoisotopic (exact) mass is 301 g/mol. The summed E-state index contributed by atoms with van der Waals surface area (Å²) in [7, 11) is 6.34. The molecule has 5 heteroatoms. The van der Waals surface area contributed by atoms with Crippen molar-refractivity contribution in [1.29, 1.82) is 0 Å². The van der Waals surface area contributed by atoms with Crippen LogP contribution in [0.5, 0.6) is 0 Å². The van der Waals surface area contributed by atoms with Crippen LogP contribution in [0.15, 0.2) is 12.1 Å². The van der Waals surface area contributed by atoms with E-state index in [9.17, 15) is 0 Å². The topological polar surface area (TPSA) is 32.5 Å². The third kappa shape index (κ3) is 2.78. The molecule has 0 spiro atoms. The highest BCUT2D eigenvalue weighted by atomic mass is 35.5. The highest BCUT2D eigenvalue weighted by Crippen LogP contribution is 2.39. The van der Waals surface area contributed by atoms with E-state index in [-0.39, 0.29) is 5.54 Å². The number of hydrogen-bond acceptors (Lipinski definition) is 3. The summed E-state index contributed by atoms with van der Waals surface area (Å²) in [5.41, 5.74) is 7.92. The average Bonchev–Trinajstić information content (AvgIpc) is 2.27. The van der Waals surface area contributed by atoms with Crippen LogP contribution in [-0.4, -0.2) is 38.1 Å². The van der Waals surface area contributed by atoms with Gasteiger partial charge >= 0.3 is 0 Å². The van der Waals surface area contributed by atoms with E-state index >= 15 is 0 Å². The maximum absolute atomic E-state index is 6.09. The summed E-state index contributed by atoms with van der Waals surface area (Å²) in [5.74, 6) is 0. The molecule has 2 N–H and O–H groups in total. The van der Waals surface area contributed by atoms with E-state index in [1.54, 1.807) is 6.07 Å². The molecule has 1 aromatic rings. The minimum absolute atomic E-state index is 0.257. The van der Waals surface area contributed by atoms with Crippen molar-refractivity contribution in [3.8, 4) is 0 Å². The molecule has 2 rings (SSSR count). The molecule has 0 bridgehead atoms. The predicted octanol–water partition coefficient (Wildman–Crippen LogP) is 3.50. The molecule has 0 saturated heterocycles. The van der Waals surface area contributed by atoms with Gasteiger partial charge < -0.3 is 15.5 Å². The van der Waals surface area contributed by atoms with Gasteiger partial charge in [0.2, 0.25) is 0 Å². The highest BCUT2D eigenvalue weighted by Gasteiger charge is 2.40. The lowest BCUT2D eigenvalue weighted by molar-refractivity contribution is 0.0683. The first-order valence-electron chi connectivity index (χ1n) is 6.49. The molecule has 0 heterocycles. The molecule has 1 fully saturated rings. The van der Waals surface area contributed by atoms with Crippen molar-refractivity contribution in [3.05, 3.63) is 22.2 Å². The van der Waals surface area contributed by atoms with Crippen LogP contribution >= 0.6 is 23.2 Å². The third-order valence-electron chi connectivity index (χ3n) is 4.25. The van der Waals surface area contributed by atoms with E-state index in [0.717, 1.165) is 12.2 Å². The Morgan fingerprint density at radius 1 is 1.16 bits per heavy atom. The molecule has 1 aromatic carbocycles. The first-order valence-corrected chi connectivity index (χ1v) is 7.24. The predicted molar refractivity (Wildman–Crippen MR) is 84.4 cm³/mol. The zero-order valence-corrected chi connectivity index (χ0v) is 13.2. The van der Waals surface area contributed by atoms with Crippen LogP contribution in [0.1, 0.15) is 19.3 Å². The zero-order chi connectivity index (χ0) is 14.2. The zero-order valence-electron chi connectivity index (χ0n) is 11.7. The minimum atomic E-state index is 0.257. The normalized spacial score (nSPS) is 17.4. The highest BCUT2D eigenvalue weighted by molar-refractivity contribution is 6.42. The Balaban J connectivity index is 2.20. The van der Waals surface area contributed by atoms with Crippen molar-refractivity contribution in [2.24, 2.45) is 0 Å². The maximum Gasteiger partial charge on any atom is 0.0614 e. The number of rotatable bonds is 4. The summed E-state index contributed by atoms with van der Waals surface area (Å²) >= 11 is 12.1. The van der Waals surface area contributed by atoms with Crippen LogP contribution < -0.4 is 10.6 Å². The summed E-state index contributed by atoms with van der Waals surface area (Å²) in [6.07, 6.45) is 3.75. The van der Waals surface area contributed by atoms with E-state index < -0.39 is 0 Å². The first-order chi connectivity index (χ1) is 8.85. The van der Waals surface area contributed by atoms with E-state index in [1.807, 2.05) is 6.07 Å². The van der Waals surface area contributed by atoms with Crippen LogP contribution in [-0.2, 0) is 0 Å². The molecular formula is C14H21Cl2N3. The molecule has 3 nitrogen and oxygen atoms in total. The summed E-state index contributed by atoms with van der Waals surface area (Å²) in [4.78, 5) is 4.50. The van der Waals surface area contributed by atoms with Gasteiger partial charge in [0, 0.05) is 19.1 Å². The first kappa shape index (κ1) is 14.8. The Bertz CT molecular complexity index is 470. The van der Waals surface area contributed by atoms with E-state index in [0.29, 0.717) is 15.7 Å². The van der Waals surface area contributed by atoms with Gasteiger partial charge in [-0.2, -0.15) is 0 Å². The van der Waals surface area contributed by atoms with Crippen molar-refractivity contribution >= 4 is 34.6 Å². The van der Waals surface area contributed by atoms with Crippen molar-refractivity contribution in [2.75, 3.05) is 38.3 Å². The second kappa shape index (κ2) is 5.39. The number of anilines is 2. The lowest BCUT2D eigenvalue weighted by Crippen LogP contribution is -2.56. The minimum Gasteiger partial charge on any atom is -0.397 e. The van der Waals surface area contributed by atoms with Crippen molar-refractivity contribution in [3.63, 3.8) is 0 Å². The standard InChI is InChI=1S/C14H21Cl2N3/c1-18(2)14(5-4-6-14)9-19(3)13-8-11(16)10(15)7-12(13)17/h7-8H,4-6,9,17H2,1-3H3. The van der Waals surface area contributed by atoms with Gasteiger partial charge in [0.15, 0.2) is 0 Å². The second-order valence-electron chi connectivity index (χ2n) is 5.65. The van der Waals surface area contributed by atoms with E-state index in [1.165, 1.54) is 19.3 Å². The van der Waals surface area contributed by atoms with E-state index in [4.69, 9.17) is 28.9 Å². The van der Waals surface area contributed by atoms with Gasteiger partial charge in [-0.05, 0) is 45.5 Å². The Kier molecular flexibility index (Phi) is 4.19. The molecular weight excluding hydrogens is 281 g/mol. The average molecular weight is 302 g/mol. The molecule has 0 unspecified atom stereocenters. The number of halogens is 2. The second-order valence-corrected chi connectivity index (χ2v) is 6.47. The van der Waals surface area contributed by atoms with Gasteiger partial charge in [-0.3, -0.25) is 0 Å². The molecule has 106 valence electrons. The number of nitrogen functional groups attached to an aromatic ring is 1. The Hall–Kier alpha value is -0.640. The van der Waals surface area contributed by atoms with Crippen LogP contribution in [0.2, 0.25) is 10.0 Å². The lowest BCUT2D eigenvalue weighted by Gasteiger charge is -2.49. The fraction of sp³-hybridized carbons (Fsp3) is 0.571. The molecule has 1 aliphatic carbocycles. The summed E-state index contributed by atoms with van der Waals surface area (Å²) < 4.78 is 0. The van der Waals surface area contributed by atoms with Crippen molar-refractivity contribution in [1.82, 2.24) is 4.90 Å². The molecule has 0 aliphatic heterocycles. The van der Waals surface area contributed by atoms with Gasteiger partial charge in [0.25, 0.3) is 0 Å². The third-order valence-corrected chi connectivity index (χ3v) is 4.97. The Labute approximate surface area is 125 Å². The number of benzene rings is 1. The van der Waals surface area contributed by atoms with Crippen LogP contribution in [0.25, 0.3) is 0 Å². The van der Waals surface area contributed by atoms with Crippen LogP contribution in [0, 0.1) is 0 Å². The molecule has 0 aromatic heterocycles.